The van der Waals surface area contributed by atoms with E-state index in [2.05, 4.69) is 24.4 Å². The minimum Gasteiger partial charge on any atom is -0.508 e. The molecule has 112 valence electrons. The van der Waals surface area contributed by atoms with E-state index in [1.54, 1.807) is 19.2 Å². The van der Waals surface area contributed by atoms with Crippen LogP contribution >= 0.6 is 0 Å². The van der Waals surface area contributed by atoms with Gasteiger partial charge in [-0.15, -0.1) is 0 Å². The zero-order valence-electron chi connectivity index (χ0n) is 12.7. The first-order chi connectivity index (χ1) is 10.2. The summed E-state index contributed by atoms with van der Waals surface area (Å²) in [5, 5.41) is 12.8. The van der Waals surface area contributed by atoms with Crippen LogP contribution < -0.4 is 10.1 Å². The molecule has 21 heavy (non-hydrogen) atoms. The zero-order valence-corrected chi connectivity index (χ0v) is 12.7. The van der Waals surface area contributed by atoms with Crippen molar-refractivity contribution in [3.8, 4) is 11.5 Å². The highest BCUT2D eigenvalue weighted by molar-refractivity contribution is 5.27. The number of methoxy groups -OCH3 is 1. The van der Waals surface area contributed by atoms with Gasteiger partial charge in [-0.1, -0.05) is 24.3 Å². The lowest BCUT2D eigenvalue weighted by Crippen LogP contribution is -2.29. The van der Waals surface area contributed by atoms with Gasteiger partial charge < -0.3 is 15.2 Å². The van der Waals surface area contributed by atoms with Crippen LogP contribution in [0.3, 0.4) is 0 Å². The molecule has 0 spiro atoms. The first-order valence-corrected chi connectivity index (χ1v) is 7.31. The largest absolute Gasteiger partial charge is 0.508 e. The summed E-state index contributed by atoms with van der Waals surface area (Å²) < 4.78 is 5.15. The van der Waals surface area contributed by atoms with Gasteiger partial charge in [0.2, 0.25) is 0 Å². The van der Waals surface area contributed by atoms with Crippen molar-refractivity contribution in [1.29, 1.82) is 0 Å². The van der Waals surface area contributed by atoms with E-state index in [1.807, 2.05) is 24.3 Å². The van der Waals surface area contributed by atoms with Gasteiger partial charge in [-0.25, -0.2) is 0 Å². The van der Waals surface area contributed by atoms with E-state index < -0.39 is 0 Å². The fourth-order valence-corrected chi connectivity index (χ4v) is 2.31. The predicted octanol–water partition coefficient (Wildman–Crippen LogP) is 3.16. The van der Waals surface area contributed by atoms with Crippen LogP contribution in [-0.4, -0.2) is 24.8 Å². The summed E-state index contributed by atoms with van der Waals surface area (Å²) in [5.74, 6) is 1.21. The summed E-state index contributed by atoms with van der Waals surface area (Å²) >= 11 is 0. The summed E-state index contributed by atoms with van der Waals surface area (Å²) in [6, 6.07) is 16.0. The number of benzene rings is 2. The van der Waals surface area contributed by atoms with Gasteiger partial charge in [-0.3, -0.25) is 0 Å². The number of ether oxygens (including phenoxy) is 1. The first-order valence-electron chi connectivity index (χ1n) is 7.31. The van der Waals surface area contributed by atoms with Crippen LogP contribution in [0, 0.1) is 0 Å². The normalized spacial score (nSPS) is 12.1. The second kappa shape index (κ2) is 7.70. The van der Waals surface area contributed by atoms with E-state index in [0.717, 1.165) is 25.1 Å². The number of rotatable bonds is 7. The Kier molecular flexibility index (Phi) is 5.64. The Labute approximate surface area is 126 Å². The number of nitrogens with one attached hydrogen (secondary N) is 1. The van der Waals surface area contributed by atoms with Crippen molar-refractivity contribution >= 4 is 0 Å². The molecule has 2 N–H and O–H groups in total. The highest BCUT2D eigenvalue weighted by Gasteiger charge is 2.03. The number of aromatic hydroxyl groups is 1. The molecule has 0 heterocycles. The standard InChI is InChI=1S/C18H23NO2/c1-14(13-16-3-7-17(20)8-4-16)19-12-11-15-5-9-18(21-2)10-6-15/h3-10,14,19-20H,11-13H2,1-2H3. The molecule has 0 fully saturated rings. The third kappa shape index (κ3) is 5.12. The summed E-state index contributed by atoms with van der Waals surface area (Å²) in [6.07, 6.45) is 1.97. The molecule has 3 nitrogen and oxygen atoms in total. The number of hydrogen-bond donors (Lipinski definition) is 2. The molecule has 0 saturated carbocycles. The Morgan fingerprint density at radius 3 is 2.24 bits per heavy atom. The van der Waals surface area contributed by atoms with Crippen molar-refractivity contribution in [1.82, 2.24) is 5.32 Å². The van der Waals surface area contributed by atoms with Crippen molar-refractivity contribution in [2.24, 2.45) is 0 Å². The predicted molar refractivity (Wildman–Crippen MR) is 86.0 cm³/mol. The van der Waals surface area contributed by atoms with Crippen molar-refractivity contribution in [2.45, 2.75) is 25.8 Å². The van der Waals surface area contributed by atoms with Crippen molar-refractivity contribution in [3.63, 3.8) is 0 Å². The van der Waals surface area contributed by atoms with Crippen LogP contribution in [0.2, 0.25) is 0 Å². The van der Waals surface area contributed by atoms with Gasteiger partial charge >= 0.3 is 0 Å². The van der Waals surface area contributed by atoms with Crippen LogP contribution in [-0.2, 0) is 12.8 Å². The average Bonchev–Trinajstić information content (AvgIpc) is 2.50. The second-order valence-corrected chi connectivity index (χ2v) is 5.32. The molecule has 0 radical (unpaired) electrons. The quantitative estimate of drug-likeness (QED) is 0.821. The number of phenols is 1. The number of phenolic OH excluding ortho intramolecular Hbond substituents is 1. The Bertz CT molecular complexity index is 534. The molecule has 0 bridgehead atoms. The van der Waals surface area contributed by atoms with Crippen LogP contribution in [0.25, 0.3) is 0 Å². The molecule has 2 rings (SSSR count). The van der Waals surface area contributed by atoms with Crippen molar-refractivity contribution in [2.75, 3.05) is 13.7 Å². The maximum absolute atomic E-state index is 9.27. The molecule has 1 unspecified atom stereocenters. The van der Waals surface area contributed by atoms with Crippen LogP contribution in [0.15, 0.2) is 48.5 Å². The second-order valence-electron chi connectivity index (χ2n) is 5.32. The minimum atomic E-state index is 0.318. The van der Waals surface area contributed by atoms with Crippen LogP contribution in [0.5, 0.6) is 11.5 Å². The Morgan fingerprint density at radius 1 is 1.00 bits per heavy atom. The molecule has 0 aliphatic heterocycles. The van der Waals surface area contributed by atoms with E-state index in [-0.39, 0.29) is 0 Å². The molecule has 0 amide bonds. The maximum Gasteiger partial charge on any atom is 0.118 e. The molecular weight excluding hydrogens is 262 g/mol. The lowest BCUT2D eigenvalue weighted by molar-refractivity contribution is 0.414. The Hall–Kier alpha value is -2.00. The van der Waals surface area contributed by atoms with E-state index in [9.17, 15) is 5.11 Å². The van der Waals surface area contributed by atoms with Gasteiger partial charge in [0.05, 0.1) is 7.11 Å². The molecule has 1 atom stereocenters. The third-order valence-corrected chi connectivity index (χ3v) is 3.54. The SMILES string of the molecule is COc1ccc(CCNC(C)Cc2ccc(O)cc2)cc1. The Balaban J connectivity index is 1.73. The lowest BCUT2D eigenvalue weighted by atomic mass is 10.1. The van der Waals surface area contributed by atoms with Gasteiger partial charge in [0.1, 0.15) is 11.5 Å². The van der Waals surface area contributed by atoms with Gasteiger partial charge in [0, 0.05) is 6.04 Å². The van der Waals surface area contributed by atoms with E-state index in [1.165, 1.54) is 11.1 Å². The van der Waals surface area contributed by atoms with Gasteiger partial charge in [-0.05, 0) is 61.7 Å². The first kappa shape index (κ1) is 15.4. The summed E-state index contributed by atoms with van der Waals surface area (Å²) in [5.41, 5.74) is 2.54. The van der Waals surface area contributed by atoms with E-state index >= 15 is 0 Å². The molecular formula is C18H23NO2. The summed E-state index contributed by atoms with van der Waals surface area (Å²) in [6.45, 7) is 3.13. The highest BCUT2D eigenvalue weighted by atomic mass is 16.5. The molecule has 3 heteroatoms. The van der Waals surface area contributed by atoms with Gasteiger partial charge in [0.25, 0.3) is 0 Å². The maximum atomic E-state index is 9.27. The average molecular weight is 285 g/mol. The summed E-state index contributed by atoms with van der Waals surface area (Å²) in [4.78, 5) is 0. The van der Waals surface area contributed by atoms with Crippen LogP contribution in [0.1, 0.15) is 18.1 Å². The summed E-state index contributed by atoms with van der Waals surface area (Å²) in [7, 11) is 1.68. The fourth-order valence-electron chi connectivity index (χ4n) is 2.31. The molecule has 0 aromatic heterocycles. The lowest BCUT2D eigenvalue weighted by Gasteiger charge is -2.14. The molecule has 0 aliphatic carbocycles. The topological polar surface area (TPSA) is 41.5 Å². The zero-order chi connectivity index (χ0) is 15.1. The van der Waals surface area contributed by atoms with Crippen molar-refractivity contribution in [3.05, 3.63) is 59.7 Å². The monoisotopic (exact) mass is 285 g/mol. The number of hydrogen-bond acceptors (Lipinski definition) is 3. The van der Waals surface area contributed by atoms with Gasteiger partial charge in [-0.2, -0.15) is 0 Å². The van der Waals surface area contributed by atoms with Crippen LogP contribution in [0.4, 0.5) is 0 Å². The highest BCUT2D eigenvalue weighted by Crippen LogP contribution is 2.12. The fraction of sp³-hybridized carbons (Fsp3) is 0.333. The smallest absolute Gasteiger partial charge is 0.118 e. The molecule has 2 aromatic rings. The van der Waals surface area contributed by atoms with E-state index in [0.29, 0.717) is 11.8 Å². The third-order valence-electron chi connectivity index (χ3n) is 3.54. The van der Waals surface area contributed by atoms with E-state index in [4.69, 9.17) is 4.74 Å². The van der Waals surface area contributed by atoms with Gasteiger partial charge in [0.15, 0.2) is 0 Å². The van der Waals surface area contributed by atoms with Crippen molar-refractivity contribution < 1.29 is 9.84 Å². The Morgan fingerprint density at radius 2 is 1.62 bits per heavy atom. The molecule has 0 aliphatic rings. The molecule has 2 aromatic carbocycles. The minimum absolute atomic E-state index is 0.318. The molecule has 0 saturated heterocycles.